The Labute approximate surface area is 119 Å². The predicted octanol–water partition coefficient (Wildman–Crippen LogP) is 4.43. The van der Waals surface area contributed by atoms with Crippen molar-refractivity contribution in [2.75, 3.05) is 6.54 Å². The molecule has 0 aliphatic carbocycles. The first-order chi connectivity index (χ1) is 9.67. The van der Waals surface area contributed by atoms with Crippen LogP contribution >= 0.6 is 0 Å². The van der Waals surface area contributed by atoms with Crippen LogP contribution in [0.4, 0.5) is 4.39 Å². The van der Waals surface area contributed by atoms with Gasteiger partial charge in [0.25, 0.3) is 0 Å². The molecule has 2 aromatic carbocycles. The van der Waals surface area contributed by atoms with Gasteiger partial charge in [0, 0.05) is 12.6 Å². The van der Waals surface area contributed by atoms with Crippen LogP contribution in [-0.2, 0) is 6.54 Å². The highest BCUT2D eigenvalue weighted by Crippen LogP contribution is 2.24. The van der Waals surface area contributed by atoms with E-state index in [9.17, 15) is 4.39 Å². The third kappa shape index (κ3) is 4.35. The lowest BCUT2D eigenvalue weighted by molar-refractivity contribution is 0.475. The summed E-state index contributed by atoms with van der Waals surface area (Å²) in [4.78, 5) is 0. The molecule has 0 aromatic heterocycles. The molecule has 0 unspecified atom stereocenters. The molecule has 1 N–H and O–H groups in total. The van der Waals surface area contributed by atoms with Crippen LogP contribution in [0.1, 0.15) is 24.5 Å². The first kappa shape index (κ1) is 14.5. The minimum Gasteiger partial charge on any atom is -0.457 e. The topological polar surface area (TPSA) is 21.3 Å². The molecule has 0 saturated heterocycles. The molecule has 2 rings (SSSR count). The van der Waals surface area contributed by atoms with Crippen LogP contribution < -0.4 is 10.1 Å². The van der Waals surface area contributed by atoms with E-state index in [0.717, 1.165) is 18.5 Å². The molecule has 0 atom stereocenters. The van der Waals surface area contributed by atoms with Crippen LogP contribution in [0.2, 0.25) is 0 Å². The lowest BCUT2D eigenvalue weighted by Gasteiger charge is -2.09. The molecule has 3 heteroatoms. The van der Waals surface area contributed by atoms with Crippen molar-refractivity contribution in [3.05, 3.63) is 59.4 Å². The Morgan fingerprint density at radius 3 is 2.50 bits per heavy atom. The molecule has 106 valence electrons. The maximum Gasteiger partial charge on any atom is 0.130 e. The summed E-state index contributed by atoms with van der Waals surface area (Å²) in [6, 6.07) is 12.5. The van der Waals surface area contributed by atoms with Gasteiger partial charge >= 0.3 is 0 Å². The SMILES string of the molecule is CCCNCc1cc(F)cc(Oc2ccc(C)cc2)c1. The van der Waals surface area contributed by atoms with Crippen molar-refractivity contribution >= 4 is 0 Å². The highest BCUT2D eigenvalue weighted by atomic mass is 19.1. The number of ether oxygens (including phenoxy) is 1. The van der Waals surface area contributed by atoms with E-state index < -0.39 is 0 Å². The summed E-state index contributed by atoms with van der Waals surface area (Å²) in [6.07, 6.45) is 1.06. The average Bonchev–Trinajstić information content (AvgIpc) is 2.41. The second kappa shape index (κ2) is 7.06. The summed E-state index contributed by atoms with van der Waals surface area (Å²) in [5.41, 5.74) is 2.06. The highest BCUT2D eigenvalue weighted by molar-refractivity contribution is 5.35. The number of rotatable bonds is 6. The van der Waals surface area contributed by atoms with Crippen molar-refractivity contribution in [1.82, 2.24) is 5.32 Å². The van der Waals surface area contributed by atoms with Gasteiger partial charge in [-0.1, -0.05) is 24.6 Å². The first-order valence-corrected chi connectivity index (χ1v) is 6.92. The van der Waals surface area contributed by atoms with E-state index in [1.165, 1.54) is 17.7 Å². The number of benzene rings is 2. The maximum absolute atomic E-state index is 13.6. The second-order valence-electron chi connectivity index (χ2n) is 4.89. The molecular formula is C17H20FNO. The summed E-state index contributed by atoms with van der Waals surface area (Å²) in [7, 11) is 0. The molecule has 0 aliphatic rings. The largest absolute Gasteiger partial charge is 0.457 e. The van der Waals surface area contributed by atoms with Crippen molar-refractivity contribution in [3.63, 3.8) is 0 Å². The van der Waals surface area contributed by atoms with Crippen molar-refractivity contribution in [1.29, 1.82) is 0 Å². The summed E-state index contributed by atoms with van der Waals surface area (Å²) >= 11 is 0. The van der Waals surface area contributed by atoms with Crippen LogP contribution in [0.25, 0.3) is 0 Å². The van der Waals surface area contributed by atoms with E-state index in [-0.39, 0.29) is 5.82 Å². The molecule has 2 nitrogen and oxygen atoms in total. The summed E-state index contributed by atoms with van der Waals surface area (Å²) < 4.78 is 19.3. The second-order valence-corrected chi connectivity index (χ2v) is 4.89. The lowest BCUT2D eigenvalue weighted by Crippen LogP contribution is -2.13. The number of aryl methyl sites for hydroxylation is 1. The first-order valence-electron chi connectivity index (χ1n) is 6.92. The number of nitrogens with one attached hydrogen (secondary N) is 1. The molecule has 0 saturated carbocycles. The smallest absolute Gasteiger partial charge is 0.130 e. The van der Waals surface area contributed by atoms with Gasteiger partial charge in [0.15, 0.2) is 0 Å². The Balaban J connectivity index is 2.09. The van der Waals surface area contributed by atoms with Gasteiger partial charge in [-0.05, 0) is 49.7 Å². The van der Waals surface area contributed by atoms with E-state index in [2.05, 4.69) is 12.2 Å². The normalized spacial score (nSPS) is 10.6. The van der Waals surface area contributed by atoms with Crippen LogP contribution in [-0.4, -0.2) is 6.54 Å². The van der Waals surface area contributed by atoms with E-state index in [1.54, 1.807) is 0 Å². The molecule has 0 bridgehead atoms. The minimum atomic E-state index is -0.275. The minimum absolute atomic E-state index is 0.275. The Morgan fingerprint density at radius 1 is 1.05 bits per heavy atom. The molecule has 2 aromatic rings. The Bertz CT molecular complexity index is 551. The molecule has 20 heavy (non-hydrogen) atoms. The quantitative estimate of drug-likeness (QED) is 0.786. The zero-order valence-corrected chi connectivity index (χ0v) is 11.9. The zero-order valence-electron chi connectivity index (χ0n) is 11.9. The van der Waals surface area contributed by atoms with E-state index >= 15 is 0 Å². The van der Waals surface area contributed by atoms with Crippen molar-refractivity contribution in [2.45, 2.75) is 26.8 Å². The summed E-state index contributed by atoms with van der Waals surface area (Å²) in [5, 5.41) is 3.25. The number of hydrogen-bond donors (Lipinski definition) is 1. The van der Waals surface area contributed by atoms with Gasteiger partial charge in [-0.25, -0.2) is 4.39 Å². The number of hydrogen-bond acceptors (Lipinski definition) is 2. The zero-order chi connectivity index (χ0) is 14.4. The third-order valence-corrected chi connectivity index (χ3v) is 2.94. The van der Waals surface area contributed by atoms with Crippen molar-refractivity contribution in [2.24, 2.45) is 0 Å². The van der Waals surface area contributed by atoms with Crippen LogP contribution in [0.15, 0.2) is 42.5 Å². The predicted molar refractivity (Wildman–Crippen MR) is 79.7 cm³/mol. The highest BCUT2D eigenvalue weighted by Gasteiger charge is 2.03. The molecular weight excluding hydrogens is 253 g/mol. The standard InChI is InChI=1S/C17H20FNO/c1-3-8-19-12-14-9-15(18)11-17(10-14)20-16-6-4-13(2)5-7-16/h4-7,9-11,19H,3,8,12H2,1-2H3. The molecule has 0 radical (unpaired) electrons. The molecule has 0 heterocycles. The Hall–Kier alpha value is -1.87. The van der Waals surface area contributed by atoms with E-state index in [1.807, 2.05) is 37.3 Å². The van der Waals surface area contributed by atoms with Gasteiger partial charge in [-0.15, -0.1) is 0 Å². The lowest BCUT2D eigenvalue weighted by atomic mass is 10.2. The molecule has 0 fully saturated rings. The van der Waals surface area contributed by atoms with Gasteiger partial charge in [0.2, 0.25) is 0 Å². The third-order valence-electron chi connectivity index (χ3n) is 2.94. The van der Waals surface area contributed by atoms with Gasteiger partial charge < -0.3 is 10.1 Å². The fourth-order valence-corrected chi connectivity index (χ4v) is 1.93. The van der Waals surface area contributed by atoms with Gasteiger partial charge in [-0.3, -0.25) is 0 Å². The van der Waals surface area contributed by atoms with Gasteiger partial charge in [0.1, 0.15) is 17.3 Å². The van der Waals surface area contributed by atoms with Crippen LogP contribution in [0.3, 0.4) is 0 Å². The van der Waals surface area contributed by atoms with Crippen molar-refractivity contribution < 1.29 is 9.13 Å². The summed E-state index contributed by atoms with van der Waals surface area (Å²) in [6.45, 7) is 5.69. The number of halogens is 1. The molecule has 0 spiro atoms. The van der Waals surface area contributed by atoms with Gasteiger partial charge in [0.05, 0.1) is 0 Å². The van der Waals surface area contributed by atoms with Crippen LogP contribution in [0, 0.1) is 12.7 Å². The van der Waals surface area contributed by atoms with E-state index in [4.69, 9.17) is 4.74 Å². The fraction of sp³-hybridized carbons (Fsp3) is 0.294. The fourth-order valence-electron chi connectivity index (χ4n) is 1.93. The Kier molecular flexibility index (Phi) is 5.13. The van der Waals surface area contributed by atoms with E-state index in [0.29, 0.717) is 18.0 Å². The molecule has 0 aliphatic heterocycles. The van der Waals surface area contributed by atoms with Crippen molar-refractivity contribution in [3.8, 4) is 11.5 Å². The Morgan fingerprint density at radius 2 is 1.80 bits per heavy atom. The average molecular weight is 273 g/mol. The van der Waals surface area contributed by atoms with Crippen LogP contribution in [0.5, 0.6) is 11.5 Å². The monoisotopic (exact) mass is 273 g/mol. The molecule has 0 amide bonds. The maximum atomic E-state index is 13.6. The summed E-state index contributed by atoms with van der Waals surface area (Å²) in [5.74, 6) is 0.971. The van der Waals surface area contributed by atoms with Gasteiger partial charge in [-0.2, -0.15) is 0 Å².